The van der Waals surface area contributed by atoms with Gasteiger partial charge < -0.3 is 26.8 Å². The Balaban J connectivity index is 1.94. The number of guanidine groups is 1. The minimum Gasteiger partial charge on any atom is -0.478 e. The number of carboxylic acids is 1. The van der Waals surface area contributed by atoms with Crippen LogP contribution in [0, 0.1) is 5.41 Å². The first-order valence-electron chi connectivity index (χ1n) is 8.45. The van der Waals surface area contributed by atoms with Gasteiger partial charge in [0.1, 0.15) is 6.04 Å². The van der Waals surface area contributed by atoms with Crippen molar-refractivity contribution in [1.29, 1.82) is 5.41 Å². The van der Waals surface area contributed by atoms with E-state index in [2.05, 4.69) is 5.32 Å². The second-order valence-corrected chi connectivity index (χ2v) is 6.39. The number of anilines is 1. The Morgan fingerprint density at radius 1 is 1.07 bits per heavy atom. The largest absolute Gasteiger partial charge is 0.478 e. The lowest BCUT2D eigenvalue weighted by Crippen LogP contribution is -2.45. The predicted octanol–water partition coefficient (Wildman–Crippen LogP) is 0.915. The van der Waals surface area contributed by atoms with Gasteiger partial charge in [0.05, 0.1) is 5.56 Å². The highest BCUT2D eigenvalue weighted by Crippen LogP contribution is 2.32. The number of primary amides is 1. The Bertz CT molecular complexity index is 971. The number of carbonyl (C=O) groups excluding carboxylic acids is 2. The lowest BCUT2D eigenvalue weighted by atomic mass is 9.90. The Kier molecular flexibility index (Phi) is 4.99. The summed E-state index contributed by atoms with van der Waals surface area (Å²) in [4.78, 5) is 37.8. The third-order valence-corrected chi connectivity index (χ3v) is 4.56. The van der Waals surface area contributed by atoms with Crippen molar-refractivity contribution >= 4 is 29.4 Å². The molecule has 0 saturated carbocycles. The predicted molar refractivity (Wildman–Crippen MR) is 102 cm³/mol. The van der Waals surface area contributed by atoms with Crippen LogP contribution in [0.5, 0.6) is 0 Å². The van der Waals surface area contributed by atoms with Gasteiger partial charge in [0.2, 0.25) is 5.91 Å². The lowest BCUT2D eigenvalue weighted by Gasteiger charge is -2.35. The van der Waals surface area contributed by atoms with Crippen LogP contribution in [0.25, 0.3) is 0 Å². The van der Waals surface area contributed by atoms with Gasteiger partial charge in [-0.25, -0.2) is 4.79 Å². The molecule has 1 aliphatic heterocycles. The molecular weight excluding hydrogens is 362 g/mol. The molecule has 0 radical (unpaired) electrons. The first-order valence-corrected chi connectivity index (χ1v) is 8.45. The number of amides is 2. The van der Waals surface area contributed by atoms with Gasteiger partial charge >= 0.3 is 5.97 Å². The van der Waals surface area contributed by atoms with Crippen molar-refractivity contribution in [2.75, 3.05) is 11.9 Å². The molecule has 9 nitrogen and oxygen atoms in total. The average molecular weight is 381 g/mol. The molecule has 1 aliphatic rings. The zero-order valence-electron chi connectivity index (χ0n) is 14.8. The molecule has 3 rings (SSSR count). The summed E-state index contributed by atoms with van der Waals surface area (Å²) in [6.45, 7) is 0.277. The molecule has 0 bridgehead atoms. The van der Waals surface area contributed by atoms with Crippen LogP contribution in [-0.2, 0) is 11.2 Å². The minimum absolute atomic E-state index is 0.0268. The smallest absolute Gasteiger partial charge is 0.335 e. The number of fused-ring (bicyclic) bond motifs is 1. The van der Waals surface area contributed by atoms with E-state index in [-0.39, 0.29) is 18.1 Å². The van der Waals surface area contributed by atoms with E-state index >= 15 is 0 Å². The summed E-state index contributed by atoms with van der Waals surface area (Å²) < 4.78 is 0. The highest BCUT2D eigenvalue weighted by atomic mass is 16.4. The summed E-state index contributed by atoms with van der Waals surface area (Å²) in [6, 6.07) is 9.75. The molecule has 0 fully saturated rings. The van der Waals surface area contributed by atoms with Crippen molar-refractivity contribution < 1.29 is 19.5 Å². The summed E-state index contributed by atoms with van der Waals surface area (Å²) in [6.07, 6.45) is 0.481. The van der Waals surface area contributed by atoms with Gasteiger partial charge in [0.25, 0.3) is 5.91 Å². The van der Waals surface area contributed by atoms with Gasteiger partial charge in [0, 0.05) is 17.8 Å². The van der Waals surface area contributed by atoms with Crippen molar-refractivity contribution in [3.63, 3.8) is 0 Å². The molecule has 0 spiro atoms. The van der Waals surface area contributed by atoms with E-state index in [1.165, 1.54) is 17.0 Å². The molecule has 28 heavy (non-hydrogen) atoms. The Morgan fingerprint density at radius 3 is 2.29 bits per heavy atom. The molecule has 144 valence electrons. The Morgan fingerprint density at radius 2 is 1.71 bits per heavy atom. The summed E-state index contributed by atoms with van der Waals surface area (Å²) in [5.74, 6) is -2.48. The third kappa shape index (κ3) is 3.63. The van der Waals surface area contributed by atoms with Crippen LogP contribution in [0.4, 0.5) is 5.69 Å². The van der Waals surface area contributed by atoms with Gasteiger partial charge in [-0.2, -0.15) is 0 Å². The maximum absolute atomic E-state index is 13.0. The van der Waals surface area contributed by atoms with Crippen LogP contribution in [0.15, 0.2) is 42.5 Å². The molecule has 0 saturated heterocycles. The maximum Gasteiger partial charge on any atom is 0.335 e. The first-order chi connectivity index (χ1) is 13.3. The molecule has 2 aromatic rings. The molecule has 7 N–H and O–H groups in total. The number of nitrogens with zero attached hydrogens (tertiary/aromatic N) is 1. The van der Waals surface area contributed by atoms with E-state index in [0.29, 0.717) is 23.2 Å². The number of nitrogens with two attached hydrogens (primary N) is 2. The van der Waals surface area contributed by atoms with Gasteiger partial charge in [0.15, 0.2) is 5.96 Å². The normalized spacial score (nSPS) is 15.4. The molecule has 9 heteroatoms. The van der Waals surface area contributed by atoms with Crippen molar-refractivity contribution in [3.8, 4) is 0 Å². The number of carboxylic acid groups (broad SMARTS) is 1. The lowest BCUT2D eigenvalue weighted by molar-refractivity contribution is -0.123. The van der Waals surface area contributed by atoms with Crippen molar-refractivity contribution in [2.24, 2.45) is 11.5 Å². The summed E-state index contributed by atoms with van der Waals surface area (Å²) in [5.41, 5.74) is 13.0. The molecule has 0 aromatic heterocycles. The Labute approximate surface area is 160 Å². The molecular formula is C19H19N5O4. The number of hydrogen-bond acceptors (Lipinski definition) is 4. The van der Waals surface area contributed by atoms with Crippen LogP contribution in [0.3, 0.4) is 0 Å². The van der Waals surface area contributed by atoms with E-state index in [1.54, 1.807) is 30.3 Å². The topological polar surface area (TPSA) is 163 Å². The van der Waals surface area contributed by atoms with Gasteiger partial charge in [-0.15, -0.1) is 0 Å². The number of carbonyl (C=O) groups is 3. The average Bonchev–Trinajstić information content (AvgIpc) is 2.65. The molecule has 0 aliphatic carbocycles. The van der Waals surface area contributed by atoms with Crippen LogP contribution >= 0.6 is 0 Å². The number of rotatable bonds is 4. The summed E-state index contributed by atoms with van der Waals surface area (Å²) in [7, 11) is 0. The van der Waals surface area contributed by atoms with E-state index < -0.39 is 23.8 Å². The molecule has 2 amide bonds. The molecule has 1 unspecified atom stereocenters. The van der Waals surface area contributed by atoms with E-state index in [0.717, 1.165) is 5.56 Å². The van der Waals surface area contributed by atoms with Crippen molar-refractivity contribution in [1.82, 2.24) is 4.90 Å². The fourth-order valence-electron chi connectivity index (χ4n) is 3.29. The van der Waals surface area contributed by atoms with E-state index in [4.69, 9.17) is 16.9 Å². The zero-order chi connectivity index (χ0) is 20.4. The van der Waals surface area contributed by atoms with Crippen molar-refractivity contribution in [3.05, 3.63) is 64.7 Å². The van der Waals surface area contributed by atoms with Crippen LogP contribution in [0.2, 0.25) is 0 Å². The highest BCUT2D eigenvalue weighted by Gasteiger charge is 2.35. The number of hydrogen-bond donors (Lipinski definition) is 5. The number of aromatic carboxylic acids is 1. The Hall–Kier alpha value is -3.88. The molecule has 2 aromatic carbocycles. The molecule has 1 atom stereocenters. The second kappa shape index (κ2) is 7.39. The maximum atomic E-state index is 13.0. The fourth-order valence-corrected chi connectivity index (χ4v) is 3.29. The minimum atomic E-state index is -1.12. The highest BCUT2D eigenvalue weighted by molar-refractivity contribution is 5.99. The van der Waals surface area contributed by atoms with Crippen molar-refractivity contribution in [2.45, 2.75) is 12.5 Å². The van der Waals surface area contributed by atoms with Gasteiger partial charge in [-0.1, -0.05) is 6.07 Å². The van der Waals surface area contributed by atoms with E-state index in [1.807, 2.05) is 0 Å². The zero-order valence-corrected chi connectivity index (χ0v) is 14.8. The van der Waals surface area contributed by atoms with Crippen LogP contribution < -0.4 is 16.8 Å². The monoisotopic (exact) mass is 381 g/mol. The molecule has 1 heterocycles. The SMILES string of the molecule is N=C(N)Nc1ccc(C(=O)N2CCc3ccc(C(=O)O)cc3C2C(N)=O)cc1. The van der Waals surface area contributed by atoms with E-state index in [9.17, 15) is 19.5 Å². The summed E-state index contributed by atoms with van der Waals surface area (Å²) >= 11 is 0. The fraction of sp³-hybridized carbons (Fsp3) is 0.158. The second-order valence-electron chi connectivity index (χ2n) is 6.39. The quantitative estimate of drug-likeness (QED) is 0.390. The van der Waals surface area contributed by atoms with Gasteiger partial charge in [-0.05, 0) is 53.9 Å². The van der Waals surface area contributed by atoms with Crippen LogP contribution in [0.1, 0.15) is 37.9 Å². The number of nitrogens with one attached hydrogen (secondary N) is 2. The first kappa shape index (κ1) is 18.9. The summed E-state index contributed by atoms with van der Waals surface area (Å²) in [5, 5.41) is 19.1. The van der Waals surface area contributed by atoms with Gasteiger partial charge in [-0.3, -0.25) is 15.0 Å². The van der Waals surface area contributed by atoms with Crippen LogP contribution in [-0.4, -0.2) is 40.3 Å². The number of benzene rings is 2. The standard InChI is InChI=1S/C19H19N5O4/c20-16(25)15-14-9-12(18(27)28)2-1-10(14)7-8-24(15)17(26)11-3-5-13(6-4-11)23-19(21)22/h1-6,9,15H,7-8H2,(H2,20,25)(H,27,28)(H4,21,22,23). The third-order valence-electron chi connectivity index (χ3n) is 4.56.